The molecular weight excluding hydrogens is 282 g/mol. The van der Waals surface area contributed by atoms with Gasteiger partial charge in [-0.2, -0.15) is 5.26 Å². The molecule has 0 unspecified atom stereocenters. The van der Waals surface area contributed by atoms with E-state index >= 15 is 0 Å². The number of benzene rings is 2. The number of urea groups is 1. The third kappa shape index (κ3) is 3.46. The van der Waals surface area contributed by atoms with Crippen molar-refractivity contribution in [2.75, 3.05) is 24.9 Å². The van der Waals surface area contributed by atoms with E-state index in [-0.39, 0.29) is 0 Å². The van der Waals surface area contributed by atoms with Crippen LogP contribution in [0.3, 0.4) is 0 Å². The molecule has 6 nitrogen and oxygen atoms in total. The van der Waals surface area contributed by atoms with Crippen LogP contribution in [0.2, 0.25) is 0 Å². The first-order valence-corrected chi connectivity index (χ1v) is 6.47. The summed E-state index contributed by atoms with van der Waals surface area (Å²) in [5.41, 5.74) is 1.39. The number of anilines is 2. The summed E-state index contributed by atoms with van der Waals surface area (Å²) in [5.74, 6) is 1.08. The average molecular weight is 297 g/mol. The highest BCUT2D eigenvalue weighted by Crippen LogP contribution is 2.29. The van der Waals surface area contributed by atoms with Crippen molar-refractivity contribution in [3.8, 4) is 17.6 Å². The maximum Gasteiger partial charge on any atom is 0.323 e. The number of nitrogens with zero attached hydrogens (tertiary/aromatic N) is 1. The molecule has 0 bridgehead atoms. The van der Waals surface area contributed by atoms with Crippen LogP contribution in [0.15, 0.2) is 42.5 Å². The number of nitriles is 1. The SMILES string of the molecule is COc1ccc(NC(=O)Nc2ccccc2C#N)cc1OC. The largest absolute Gasteiger partial charge is 0.493 e. The van der Waals surface area contributed by atoms with Crippen molar-refractivity contribution < 1.29 is 14.3 Å². The fraction of sp³-hybridized carbons (Fsp3) is 0.125. The highest BCUT2D eigenvalue weighted by molar-refractivity contribution is 6.00. The number of hydrogen-bond donors (Lipinski definition) is 2. The first-order chi connectivity index (χ1) is 10.7. The molecule has 0 aliphatic rings. The zero-order valence-electron chi connectivity index (χ0n) is 12.2. The van der Waals surface area contributed by atoms with E-state index in [1.54, 1.807) is 42.5 Å². The summed E-state index contributed by atoms with van der Waals surface area (Å²) in [6.07, 6.45) is 0. The van der Waals surface area contributed by atoms with Gasteiger partial charge in [0.1, 0.15) is 6.07 Å². The van der Waals surface area contributed by atoms with Gasteiger partial charge in [-0.15, -0.1) is 0 Å². The lowest BCUT2D eigenvalue weighted by atomic mass is 10.2. The molecule has 2 aromatic carbocycles. The van der Waals surface area contributed by atoms with E-state index in [1.807, 2.05) is 6.07 Å². The number of hydrogen-bond acceptors (Lipinski definition) is 4. The molecule has 0 aliphatic heterocycles. The second-order valence-corrected chi connectivity index (χ2v) is 4.31. The van der Waals surface area contributed by atoms with Gasteiger partial charge >= 0.3 is 6.03 Å². The Bertz CT molecular complexity index is 723. The van der Waals surface area contributed by atoms with Crippen LogP contribution in [0.4, 0.5) is 16.2 Å². The maximum atomic E-state index is 12.0. The minimum Gasteiger partial charge on any atom is -0.493 e. The summed E-state index contributed by atoms with van der Waals surface area (Å²) < 4.78 is 10.3. The Labute approximate surface area is 128 Å². The molecule has 0 saturated heterocycles. The van der Waals surface area contributed by atoms with Crippen LogP contribution in [0, 0.1) is 11.3 Å². The Balaban J connectivity index is 2.11. The van der Waals surface area contributed by atoms with E-state index in [0.29, 0.717) is 28.4 Å². The maximum absolute atomic E-state index is 12.0. The van der Waals surface area contributed by atoms with Gasteiger partial charge in [-0.3, -0.25) is 0 Å². The fourth-order valence-corrected chi connectivity index (χ4v) is 1.89. The van der Waals surface area contributed by atoms with Crippen LogP contribution >= 0.6 is 0 Å². The van der Waals surface area contributed by atoms with E-state index in [4.69, 9.17) is 14.7 Å². The minimum absolute atomic E-state index is 0.393. The molecule has 0 aliphatic carbocycles. The molecule has 112 valence electrons. The number of amides is 2. The van der Waals surface area contributed by atoms with E-state index in [1.165, 1.54) is 14.2 Å². The summed E-state index contributed by atoms with van der Waals surface area (Å²) in [4.78, 5) is 12.0. The van der Waals surface area contributed by atoms with E-state index < -0.39 is 6.03 Å². The summed E-state index contributed by atoms with van der Waals surface area (Å²) in [6.45, 7) is 0. The van der Waals surface area contributed by atoms with Gasteiger partial charge in [-0.05, 0) is 24.3 Å². The Hall–Kier alpha value is -3.20. The molecule has 0 aromatic heterocycles. The zero-order valence-corrected chi connectivity index (χ0v) is 12.2. The lowest BCUT2D eigenvalue weighted by molar-refractivity contribution is 0.262. The van der Waals surface area contributed by atoms with Gasteiger partial charge < -0.3 is 20.1 Å². The topological polar surface area (TPSA) is 83.4 Å². The summed E-state index contributed by atoms with van der Waals surface area (Å²) in [5, 5.41) is 14.3. The molecule has 0 atom stereocenters. The molecule has 0 fully saturated rings. The Morgan fingerprint density at radius 3 is 2.45 bits per heavy atom. The molecule has 0 spiro atoms. The fourth-order valence-electron chi connectivity index (χ4n) is 1.89. The van der Waals surface area contributed by atoms with Crippen LogP contribution in [-0.4, -0.2) is 20.3 Å². The highest BCUT2D eigenvalue weighted by atomic mass is 16.5. The van der Waals surface area contributed by atoms with Gasteiger partial charge in [0.2, 0.25) is 0 Å². The number of carbonyl (C=O) groups excluding carboxylic acids is 1. The second kappa shape index (κ2) is 6.99. The summed E-state index contributed by atoms with van der Waals surface area (Å²) in [6, 6.07) is 13.4. The second-order valence-electron chi connectivity index (χ2n) is 4.31. The molecule has 22 heavy (non-hydrogen) atoms. The molecule has 0 radical (unpaired) electrons. The van der Waals surface area contributed by atoms with Crippen molar-refractivity contribution in [1.82, 2.24) is 0 Å². The molecule has 0 saturated carbocycles. The molecule has 6 heteroatoms. The van der Waals surface area contributed by atoms with E-state index in [2.05, 4.69) is 10.6 Å². The van der Waals surface area contributed by atoms with Gasteiger partial charge in [0, 0.05) is 11.8 Å². The normalized spacial score (nSPS) is 9.50. The van der Waals surface area contributed by atoms with Crippen LogP contribution in [0.5, 0.6) is 11.5 Å². The number of ether oxygens (including phenoxy) is 2. The molecule has 2 rings (SSSR count). The summed E-state index contributed by atoms with van der Waals surface area (Å²) in [7, 11) is 3.06. The number of rotatable bonds is 4. The third-order valence-corrected chi connectivity index (χ3v) is 2.94. The number of para-hydroxylation sites is 1. The van der Waals surface area contributed by atoms with Crippen molar-refractivity contribution >= 4 is 17.4 Å². The molecule has 0 heterocycles. The van der Waals surface area contributed by atoms with Gasteiger partial charge in [0.25, 0.3) is 0 Å². The summed E-state index contributed by atoms with van der Waals surface area (Å²) >= 11 is 0. The first-order valence-electron chi connectivity index (χ1n) is 6.47. The van der Waals surface area contributed by atoms with Crippen molar-refractivity contribution in [2.24, 2.45) is 0 Å². The smallest absolute Gasteiger partial charge is 0.323 e. The van der Waals surface area contributed by atoms with Crippen LogP contribution in [0.25, 0.3) is 0 Å². The first kappa shape index (κ1) is 15.2. The minimum atomic E-state index is -0.449. The third-order valence-electron chi connectivity index (χ3n) is 2.94. The van der Waals surface area contributed by atoms with Crippen LogP contribution in [-0.2, 0) is 0 Å². The predicted molar refractivity (Wildman–Crippen MR) is 83.3 cm³/mol. The van der Waals surface area contributed by atoms with Crippen molar-refractivity contribution in [1.29, 1.82) is 5.26 Å². The van der Waals surface area contributed by atoms with Gasteiger partial charge in [-0.1, -0.05) is 12.1 Å². The van der Waals surface area contributed by atoms with Crippen molar-refractivity contribution in [3.63, 3.8) is 0 Å². The quantitative estimate of drug-likeness (QED) is 0.907. The Morgan fingerprint density at radius 2 is 1.77 bits per heavy atom. The van der Waals surface area contributed by atoms with Crippen molar-refractivity contribution in [2.45, 2.75) is 0 Å². The lowest BCUT2D eigenvalue weighted by Gasteiger charge is -2.11. The molecule has 2 amide bonds. The molecule has 2 aromatic rings. The van der Waals surface area contributed by atoms with Gasteiger partial charge in [0.05, 0.1) is 25.5 Å². The zero-order chi connectivity index (χ0) is 15.9. The molecular formula is C16H15N3O3. The van der Waals surface area contributed by atoms with Crippen LogP contribution < -0.4 is 20.1 Å². The predicted octanol–water partition coefficient (Wildman–Crippen LogP) is 3.22. The van der Waals surface area contributed by atoms with Crippen molar-refractivity contribution in [3.05, 3.63) is 48.0 Å². The number of methoxy groups -OCH3 is 2. The Morgan fingerprint density at radius 1 is 1.05 bits per heavy atom. The highest BCUT2D eigenvalue weighted by Gasteiger charge is 2.09. The van der Waals surface area contributed by atoms with Gasteiger partial charge in [0.15, 0.2) is 11.5 Å². The number of carbonyl (C=O) groups is 1. The Kier molecular flexibility index (Phi) is 4.83. The van der Waals surface area contributed by atoms with E-state index in [9.17, 15) is 4.79 Å². The average Bonchev–Trinajstić information content (AvgIpc) is 2.55. The molecule has 2 N–H and O–H groups in total. The van der Waals surface area contributed by atoms with E-state index in [0.717, 1.165) is 0 Å². The van der Waals surface area contributed by atoms with Crippen LogP contribution in [0.1, 0.15) is 5.56 Å². The monoisotopic (exact) mass is 297 g/mol. The van der Waals surface area contributed by atoms with Gasteiger partial charge in [-0.25, -0.2) is 4.79 Å². The number of nitrogens with one attached hydrogen (secondary N) is 2. The standard InChI is InChI=1S/C16H15N3O3/c1-21-14-8-7-12(9-15(14)22-2)18-16(20)19-13-6-4-3-5-11(13)10-17/h3-9H,1-2H3,(H2,18,19,20). The lowest BCUT2D eigenvalue weighted by Crippen LogP contribution is -2.20.